The predicted molar refractivity (Wildman–Crippen MR) is 91.5 cm³/mol. The highest BCUT2D eigenvalue weighted by molar-refractivity contribution is 6.30. The average molecular weight is 346 g/mol. The van der Waals surface area contributed by atoms with E-state index in [1.807, 2.05) is 31.2 Å². The molecule has 6 heteroatoms. The van der Waals surface area contributed by atoms with Crippen molar-refractivity contribution in [3.63, 3.8) is 0 Å². The summed E-state index contributed by atoms with van der Waals surface area (Å²) >= 11 is 6.07. The molecule has 1 N–H and O–H groups in total. The maximum Gasteiger partial charge on any atom is 0.257 e. The molecule has 2 heterocycles. The van der Waals surface area contributed by atoms with E-state index < -0.39 is 6.10 Å². The van der Waals surface area contributed by atoms with Gasteiger partial charge in [-0.05, 0) is 37.5 Å². The van der Waals surface area contributed by atoms with Gasteiger partial charge in [0.2, 0.25) is 0 Å². The lowest BCUT2D eigenvalue weighted by Gasteiger charge is -2.16. The summed E-state index contributed by atoms with van der Waals surface area (Å²) in [5.41, 5.74) is 2.29. The summed E-state index contributed by atoms with van der Waals surface area (Å²) in [6.07, 6.45) is 3.96. The monoisotopic (exact) mass is 345 g/mol. The van der Waals surface area contributed by atoms with Crippen LogP contribution in [0.1, 0.15) is 35.8 Å². The van der Waals surface area contributed by atoms with Crippen LogP contribution in [0.2, 0.25) is 5.02 Å². The topological polar surface area (TPSA) is 58.4 Å². The molecule has 1 unspecified atom stereocenters. The van der Waals surface area contributed by atoms with Crippen LogP contribution < -0.4 is 0 Å². The van der Waals surface area contributed by atoms with E-state index in [1.165, 1.54) is 0 Å². The third-order valence-electron chi connectivity index (χ3n) is 5.27. The summed E-state index contributed by atoms with van der Waals surface area (Å²) in [5.74, 6) is -0.0389. The third-order valence-corrected chi connectivity index (χ3v) is 5.51. The standard InChI is InChI=1S/C18H20ClN3O2/c1-2-15-14(9-20-22(15)13-5-3-4-12(19)8-13)17(24)21-10-16(23)18(11-21)6-7-18/h3-5,8-9,16,23H,2,6-7,10-11H2,1H3. The Balaban J connectivity index is 1.65. The second kappa shape index (κ2) is 5.60. The zero-order valence-electron chi connectivity index (χ0n) is 13.6. The molecule has 0 bridgehead atoms. The summed E-state index contributed by atoms with van der Waals surface area (Å²) in [6.45, 7) is 3.08. The summed E-state index contributed by atoms with van der Waals surface area (Å²) in [6, 6.07) is 7.44. The number of rotatable bonds is 3. The number of carbonyl (C=O) groups is 1. The molecule has 1 saturated carbocycles. The first-order valence-corrected chi connectivity index (χ1v) is 8.72. The fourth-order valence-electron chi connectivity index (χ4n) is 3.65. The fourth-order valence-corrected chi connectivity index (χ4v) is 3.84. The Morgan fingerprint density at radius 3 is 2.88 bits per heavy atom. The van der Waals surface area contributed by atoms with Gasteiger partial charge in [0, 0.05) is 23.5 Å². The molecule has 2 aromatic rings. The number of hydrogen-bond acceptors (Lipinski definition) is 3. The quantitative estimate of drug-likeness (QED) is 0.930. The summed E-state index contributed by atoms with van der Waals surface area (Å²) in [4.78, 5) is 14.7. The van der Waals surface area contributed by atoms with E-state index in [-0.39, 0.29) is 11.3 Å². The van der Waals surface area contributed by atoms with Gasteiger partial charge in [-0.25, -0.2) is 4.68 Å². The number of halogens is 1. The molecule has 1 aliphatic heterocycles. The maximum atomic E-state index is 12.9. The number of β-amino-alcohol motifs (C(OH)–C–C–N with tert-alkyl or cyclic N) is 1. The van der Waals surface area contributed by atoms with Crippen molar-refractivity contribution in [2.24, 2.45) is 5.41 Å². The minimum atomic E-state index is -0.394. The van der Waals surface area contributed by atoms with Crippen molar-refractivity contribution in [3.8, 4) is 5.69 Å². The van der Waals surface area contributed by atoms with Crippen LogP contribution in [0.25, 0.3) is 5.69 Å². The second-order valence-electron chi connectivity index (χ2n) is 6.81. The Hall–Kier alpha value is -1.85. The molecule has 0 radical (unpaired) electrons. The average Bonchev–Trinajstić information content (AvgIpc) is 3.11. The van der Waals surface area contributed by atoms with Crippen LogP contribution in [-0.2, 0) is 6.42 Å². The van der Waals surface area contributed by atoms with Gasteiger partial charge in [0.05, 0.1) is 29.2 Å². The molecule has 1 aliphatic carbocycles. The smallest absolute Gasteiger partial charge is 0.257 e. The van der Waals surface area contributed by atoms with Gasteiger partial charge in [-0.15, -0.1) is 0 Å². The minimum Gasteiger partial charge on any atom is -0.391 e. The van der Waals surface area contributed by atoms with Crippen molar-refractivity contribution in [2.75, 3.05) is 13.1 Å². The van der Waals surface area contributed by atoms with Gasteiger partial charge in [0.25, 0.3) is 5.91 Å². The molecule has 24 heavy (non-hydrogen) atoms. The number of aliphatic hydroxyl groups is 1. The fraction of sp³-hybridized carbons (Fsp3) is 0.444. The SMILES string of the molecule is CCc1c(C(=O)N2CC(O)C3(CC3)C2)cnn1-c1cccc(Cl)c1. The Kier molecular flexibility index (Phi) is 3.66. The highest BCUT2D eigenvalue weighted by Crippen LogP contribution is 2.52. The Bertz CT molecular complexity index is 797. The normalized spacial score (nSPS) is 21.5. The van der Waals surface area contributed by atoms with E-state index in [4.69, 9.17) is 11.6 Å². The van der Waals surface area contributed by atoms with Crippen molar-refractivity contribution >= 4 is 17.5 Å². The number of hydrogen-bond donors (Lipinski definition) is 1. The van der Waals surface area contributed by atoms with Gasteiger partial charge in [0.15, 0.2) is 0 Å². The molecule has 1 saturated heterocycles. The molecule has 1 atom stereocenters. The van der Waals surface area contributed by atoms with Crippen LogP contribution in [0.3, 0.4) is 0 Å². The van der Waals surface area contributed by atoms with E-state index in [0.29, 0.717) is 30.1 Å². The first kappa shape index (κ1) is 15.7. The van der Waals surface area contributed by atoms with E-state index in [1.54, 1.807) is 15.8 Å². The molecule has 1 spiro atoms. The molecule has 2 fully saturated rings. The highest BCUT2D eigenvalue weighted by atomic mass is 35.5. The third kappa shape index (κ3) is 2.43. The zero-order chi connectivity index (χ0) is 16.9. The molecule has 126 valence electrons. The minimum absolute atomic E-state index is 0.0367. The predicted octanol–water partition coefficient (Wildman–Crippen LogP) is 2.69. The van der Waals surface area contributed by atoms with Crippen molar-refractivity contribution in [3.05, 3.63) is 46.7 Å². The van der Waals surface area contributed by atoms with Gasteiger partial charge in [-0.2, -0.15) is 5.10 Å². The molecular weight excluding hydrogens is 326 g/mol. The Morgan fingerprint density at radius 2 is 2.25 bits per heavy atom. The largest absolute Gasteiger partial charge is 0.391 e. The first-order valence-electron chi connectivity index (χ1n) is 8.34. The highest BCUT2D eigenvalue weighted by Gasteiger charge is 2.55. The van der Waals surface area contributed by atoms with Crippen LogP contribution in [0.5, 0.6) is 0 Å². The summed E-state index contributed by atoms with van der Waals surface area (Å²) in [7, 11) is 0. The number of aromatic nitrogens is 2. The summed E-state index contributed by atoms with van der Waals surface area (Å²) < 4.78 is 1.78. The van der Waals surface area contributed by atoms with Crippen LogP contribution in [0, 0.1) is 5.41 Å². The summed E-state index contributed by atoms with van der Waals surface area (Å²) in [5, 5.41) is 15.2. The van der Waals surface area contributed by atoms with Crippen molar-refractivity contribution in [1.29, 1.82) is 0 Å². The number of nitrogens with zero attached hydrogens (tertiary/aromatic N) is 3. The number of aliphatic hydroxyl groups excluding tert-OH is 1. The van der Waals surface area contributed by atoms with Crippen LogP contribution in [0.15, 0.2) is 30.5 Å². The number of benzene rings is 1. The lowest BCUT2D eigenvalue weighted by atomic mass is 10.0. The first-order chi connectivity index (χ1) is 11.5. The number of amides is 1. The van der Waals surface area contributed by atoms with Crippen molar-refractivity contribution in [2.45, 2.75) is 32.3 Å². The van der Waals surface area contributed by atoms with E-state index >= 15 is 0 Å². The van der Waals surface area contributed by atoms with Crippen LogP contribution >= 0.6 is 11.6 Å². The lowest BCUT2D eigenvalue weighted by molar-refractivity contribution is 0.0763. The molecule has 1 amide bonds. The number of carbonyl (C=O) groups excluding carboxylic acids is 1. The Morgan fingerprint density at radius 1 is 1.46 bits per heavy atom. The second-order valence-corrected chi connectivity index (χ2v) is 7.25. The van der Waals surface area contributed by atoms with Gasteiger partial charge in [0.1, 0.15) is 0 Å². The molecule has 2 aliphatic rings. The Labute approximate surface area is 145 Å². The van der Waals surface area contributed by atoms with E-state index in [0.717, 1.165) is 24.2 Å². The maximum absolute atomic E-state index is 12.9. The van der Waals surface area contributed by atoms with Gasteiger partial charge < -0.3 is 10.0 Å². The van der Waals surface area contributed by atoms with Crippen molar-refractivity contribution < 1.29 is 9.90 Å². The van der Waals surface area contributed by atoms with Gasteiger partial charge in [-0.1, -0.05) is 24.6 Å². The van der Waals surface area contributed by atoms with Crippen LogP contribution in [0.4, 0.5) is 0 Å². The molecule has 5 nitrogen and oxygen atoms in total. The van der Waals surface area contributed by atoms with E-state index in [2.05, 4.69) is 5.10 Å². The molecular formula is C18H20ClN3O2. The lowest BCUT2D eigenvalue weighted by Crippen LogP contribution is -2.30. The van der Waals surface area contributed by atoms with Crippen molar-refractivity contribution in [1.82, 2.24) is 14.7 Å². The molecule has 4 rings (SSSR count). The van der Waals surface area contributed by atoms with Crippen LogP contribution in [-0.4, -0.2) is 44.9 Å². The molecule has 1 aromatic carbocycles. The molecule has 1 aromatic heterocycles. The zero-order valence-corrected chi connectivity index (χ0v) is 14.3. The van der Waals surface area contributed by atoms with E-state index in [9.17, 15) is 9.90 Å². The van der Waals surface area contributed by atoms with Gasteiger partial charge in [-0.3, -0.25) is 4.79 Å². The number of likely N-dealkylation sites (tertiary alicyclic amines) is 1. The van der Waals surface area contributed by atoms with Gasteiger partial charge >= 0.3 is 0 Å².